The number of hydrogen-bond acceptors (Lipinski definition) is 0. The minimum Gasteiger partial charge on any atom is -0.0984 e. The third-order valence-corrected chi connectivity index (χ3v) is 11.1. The molecule has 34 heavy (non-hydrogen) atoms. The first-order valence-corrected chi connectivity index (χ1v) is 14.1. The SMILES string of the molecule is C=Cc1ccccc1P(c1ccccc1)c1ccccc1P(c1ccccc1)c1ccccc1. The highest BCUT2D eigenvalue weighted by Gasteiger charge is 2.26. The fourth-order valence-electron chi connectivity index (χ4n) is 4.27. The summed E-state index contributed by atoms with van der Waals surface area (Å²) in [5.74, 6) is 0. The van der Waals surface area contributed by atoms with Crippen LogP contribution in [0.5, 0.6) is 0 Å². The third-order valence-electron chi connectivity index (χ3n) is 5.80. The molecular weight excluding hydrogens is 446 g/mol. The molecule has 0 aromatic heterocycles. The van der Waals surface area contributed by atoms with E-state index >= 15 is 0 Å². The van der Waals surface area contributed by atoms with Crippen molar-refractivity contribution in [1.82, 2.24) is 0 Å². The van der Waals surface area contributed by atoms with Crippen LogP contribution in [0.15, 0.2) is 146 Å². The van der Waals surface area contributed by atoms with Crippen molar-refractivity contribution in [3.8, 4) is 0 Å². The maximum atomic E-state index is 4.13. The predicted octanol–water partition coefficient (Wildman–Crippen LogP) is 5.85. The van der Waals surface area contributed by atoms with Crippen LogP contribution in [0, 0.1) is 0 Å². The summed E-state index contributed by atoms with van der Waals surface area (Å²) in [6.45, 7) is 4.13. The Bertz CT molecular complexity index is 1320. The zero-order valence-corrected chi connectivity index (χ0v) is 20.7. The van der Waals surface area contributed by atoms with Gasteiger partial charge in [0.25, 0.3) is 0 Å². The molecule has 0 amide bonds. The van der Waals surface area contributed by atoms with Crippen LogP contribution in [0.4, 0.5) is 0 Å². The van der Waals surface area contributed by atoms with Gasteiger partial charge >= 0.3 is 0 Å². The molecule has 0 bridgehead atoms. The molecule has 2 heteroatoms. The van der Waals surface area contributed by atoms with Gasteiger partial charge in [-0.15, -0.1) is 0 Å². The topological polar surface area (TPSA) is 0 Å². The molecule has 1 atom stereocenters. The van der Waals surface area contributed by atoms with Crippen LogP contribution in [0.2, 0.25) is 0 Å². The summed E-state index contributed by atoms with van der Waals surface area (Å²) in [6.07, 6.45) is 1.99. The Morgan fingerprint density at radius 3 is 1.21 bits per heavy atom. The Morgan fingerprint density at radius 1 is 0.382 bits per heavy atom. The fourth-order valence-corrected chi connectivity index (χ4v) is 9.69. The van der Waals surface area contributed by atoms with Crippen LogP contribution >= 0.6 is 15.8 Å². The van der Waals surface area contributed by atoms with E-state index in [1.54, 1.807) is 0 Å². The van der Waals surface area contributed by atoms with E-state index in [1.165, 1.54) is 37.4 Å². The number of benzene rings is 5. The summed E-state index contributed by atoms with van der Waals surface area (Å²) in [5.41, 5.74) is 1.20. The number of hydrogen-bond donors (Lipinski definition) is 0. The number of rotatable bonds is 7. The molecule has 164 valence electrons. The highest BCUT2D eigenvalue weighted by Crippen LogP contribution is 2.39. The monoisotopic (exact) mass is 472 g/mol. The van der Waals surface area contributed by atoms with E-state index in [2.05, 4.69) is 146 Å². The van der Waals surface area contributed by atoms with Crippen LogP contribution in [-0.4, -0.2) is 0 Å². The smallest absolute Gasteiger partial charge is 0.00673 e. The second kappa shape index (κ2) is 10.8. The van der Waals surface area contributed by atoms with Gasteiger partial charge in [-0.1, -0.05) is 152 Å². The molecule has 5 aromatic carbocycles. The minimum atomic E-state index is -0.762. The maximum absolute atomic E-state index is 4.13. The van der Waals surface area contributed by atoms with Gasteiger partial charge in [0.15, 0.2) is 0 Å². The summed E-state index contributed by atoms with van der Waals surface area (Å²) >= 11 is 0. The minimum absolute atomic E-state index is 0.703. The first kappa shape index (κ1) is 22.5. The lowest BCUT2D eigenvalue weighted by Crippen LogP contribution is -2.35. The Kier molecular flexibility index (Phi) is 7.11. The normalized spacial score (nSPS) is 11.8. The van der Waals surface area contributed by atoms with E-state index < -0.39 is 15.8 Å². The molecule has 0 aliphatic carbocycles. The highest BCUT2D eigenvalue weighted by atomic mass is 31.1. The fraction of sp³-hybridized carbons (Fsp3) is 0. The average molecular weight is 473 g/mol. The molecule has 0 aliphatic rings. The highest BCUT2D eigenvalue weighted by molar-refractivity contribution is 7.85. The van der Waals surface area contributed by atoms with Gasteiger partial charge in [-0.2, -0.15) is 0 Å². The average Bonchev–Trinajstić information content (AvgIpc) is 2.92. The first-order valence-electron chi connectivity index (χ1n) is 11.4. The molecule has 0 spiro atoms. The summed E-state index contributed by atoms with van der Waals surface area (Å²) in [7, 11) is -1.47. The molecule has 0 nitrogen and oxygen atoms in total. The molecule has 0 saturated heterocycles. The van der Waals surface area contributed by atoms with Crippen molar-refractivity contribution < 1.29 is 0 Å². The zero-order chi connectivity index (χ0) is 23.2. The van der Waals surface area contributed by atoms with Crippen LogP contribution in [0.3, 0.4) is 0 Å². The summed E-state index contributed by atoms with van der Waals surface area (Å²) in [5, 5.41) is 8.28. The van der Waals surface area contributed by atoms with Gasteiger partial charge in [0.1, 0.15) is 0 Å². The lowest BCUT2D eigenvalue weighted by atomic mass is 10.2. The van der Waals surface area contributed by atoms with E-state index in [0.29, 0.717) is 0 Å². The van der Waals surface area contributed by atoms with Crippen molar-refractivity contribution >= 4 is 53.7 Å². The third kappa shape index (κ3) is 4.67. The Balaban J connectivity index is 1.78. The van der Waals surface area contributed by atoms with Gasteiger partial charge in [0, 0.05) is 0 Å². The maximum Gasteiger partial charge on any atom is -0.00673 e. The largest absolute Gasteiger partial charge is 0.0984 e. The van der Waals surface area contributed by atoms with Gasteiger partial charge in [0.2, 0.25) is 0 Å². The van der Waals surface area contributed by atoms with Crippen LogP contribution in [-0.2, 0) is 0 Å². The van der Waals surface area contributed by atoms with Crippen LogP contribution in [0.1, 0.15) is 5.56 Å². The standard InChI is InChI=1S/C32H26P2/c1-2-26-16-12-13-23-30(26)34(29-21-10-5-11-22-29)32-25-15-14-24-31(32)33(27-17-6-3-7-18-27)28-19-8-4-9-20-28/h2-25H,1H2. The van der Waals surface area contributed by atoms with Crippen molar-refractivity contribution in [2.75, 3.05) is 0 Å². The van der Waals surface area contributed by atoms with Gasteiger partial charge in [-0.3, -0.25) is 0 Å². The quantitative estimate of drug-likeness (QED) is 0.261. The van der Waals surface area contributed by atoms with E-state index in [-0.39, 0.29) is 0 Å². The molecule has 0 heterocycles. The van der Waals surface area contributed by atoms with E-state index in [4.69, 9.17) is 0 Å². The summed E-state index contributed by atoms with van der Waals surface area (Å²) in [4.78, 5) is 0. The predicted molar refractivity (Wildman–Crippen MR) is 154 cm³/mol. The second-order valence-corrected chi connectivity index (χ2v) is 12.3. The molecule has 0 fully saturated rings. The lowest BCUT2D eigenvalue weighted by Gasteiger charge is -2.28. The Morgan fingerprint density at radius 2 is 0.735 bits per heavy atom. The van der Waals surface area contributed by atoms with Crippen molar-refractivity contribution in [3.05, 3.63) is 152 Å². The van der Waals surface area contributed by atoms with E-state index in [0.717, 1.165) is 0 Å². The first-order chi connectivity index (χ1) is 16.9. The lowest BCUT2D eigenvalue weighted by molar-refractivity contribution is 1.71. The van der Waals surface area contributed by atoms with Crippen molar-refractivity contribution in [1.29, 1.82) is 0 Å². The van der Waals surface area contributed by atoms with Crippen molar-refractivity contribution in [2.24, 2.45) is 0 Å². The molecule has 5 aromatic rings. The second-order valence-electron chi connectivity index (χ2n) is 7.93. The van der Waals surface area contributed by atoms with Crippen LogP contribution in [0.25, 0.3) is 6.08 Å². The van der Waals surface area contributed by atoms with Gasteiger partial charge in [0.05, 0.1) is 0 Å². The van der Waals surface area contributed by atoms with Crippen LogP contribution < -0.4 is 31.8 Å². The molecular formula is C32H26P2. The van der Waals surface area contributed by atoms with Crippen molar-refractivity contribution in [2.45, 2.75) is 0 Å². The summed E-state index contributed by atoms with van der Waals surface area (Å²) < 4.78 is 0. The zero-order valence-electron chi connectivity index (χ0n) is 19.0. The molecule has 0 saturated carbocycles. The molecule has 1 unspecified atom stereocenters. The molecule has 0 radical (unpaired) electrons. The Labute approximate surface area is 205 Å². The molecule has 5 rings (SSSR count). The van der Waals surface area contributed by atoms with Crippen molar-refractivity contribution in [3.63, 3.8) is 0 Å². The molecule has 0 aliphatic heterocycles. The Hall–Kier alpha value is -3.30. The van der Waals surface area contributed by atoms with Gasteiger partial charge in [-0.25, -0.2) is 0 Å². The molecule has 0 N–H and O–H groups in total. The summed E-state index contributed by atoms with van der Waals surface area (Å²) in [6, 6.07) is 50.7. The van der Waals surface area contributed by atoms with Gasteiger partial charge < -0.3 is 0 Å². The van der Waals surface area contributed by atoms with Gasteiger partial charge in [-0.05, 0) is 53.2 Å². The van der Waals surface area contributed by atoms with E-state index in [9.17, 15) is 0 Å². The van der Waals surface area contributed by atoms with E-state index in [1.807, 2.05) is 6.08 Å².